The lowest BCUT2D eigenvalue weighted by Gasteiger charge is -2.30. The molecule has 1 aromatic heterocycles. The lowest BCUT2D eigenvalue weighted by atomic mass is 10.1. The van der Waals surface area contributed by atoms with E-state index in [4.69, 9.17) is 5.73 Å². The topological polar surface area (TPSA) is 131 Å². The number of hydrogen-bond donors (Lipinski definition) is 2. The summed E-state index contributed by atoms with van der Waals surface area (Å²) < 4.78 is 28.4. The van der Waals surface area contributed by atoms with E-state index in [-0.39, 0.29) is 17.6 Å². The van der Waals surface area contributed by atoms with E-state index in [2.05, 4.69) is 20.3 Å². The van der Waals surface area contributed by atoms with Gasteiger partial charge in [0.05, 0.1) is 6.26 Å². The fourth-order valence-corrected chi connectivity index (χ4v) is 2.81. The second kappa shape index (κ2) is 5.13. The maximum atomic E-state index is 11.8. The van der Waals surface area contributed by atoms with Crippen LogP contribution in [0.1, 0.15) is 23.3 Å². The Balaban J connectivity index is 1.90. The van der Waals surface area contributed by atoms with E-state index < -0.39 is 15.9 Å². The van der Waals surface area contributed by atoms with Crippen LogP contribution in [-0.2, 0) is 10.0 Å². The molecule has 0 radical (unpaired) electrons. The third-order valence-electron chi connectivity index (χ3n) is 2.99. The number of nitrogens with one attached hydrogen (secondary N) is 1. The number of carbonyl (C=O) groups excluding carboxylic acids is 1. The highest BCUT2D eigenvalue weighted by atomic mass is 32.2. The van der Waals surface area contributed by atoms with Crippen LogP contribution < -0.4 is 11.1 Å². The van der Waals surface area contributed by atoms with E-state index in [1.54, 1.807) is 0 Å². The Labute approximate surface area is 110 Å². The van der Waals surface area contributed by atoms with Crippen LogP contribution in [0, 0.1) is 0 Å². The molecule has 0 aromatic carbocycles. The van der Waals surface area contributed by atoms with Crippen molar-refractivity contribution >= 4 is 21.7 Å². The molecule has 0 saturated carbocycles. The smallest absolute Gasteiger partial charge is 0.277 e. The molecule has 9 nitrogen and oxygen atoms in total. The average Bonchev–Trinajstić information content (AvgIpc) is 2.75. The molecule has 10 heteroatoms. The van der Waals surface area contributed by atoms with Gasteiger partial charge in [-0.3, -0.25) is 4.79 Å². The van der Waals surface area contributed by atoms with Crippen molar-refractivity contribution in [1.82, 2.24) is 19.9 Å². The molecule has 19 heavy (non-hydrogen) atoms. The van der Waals surface area contributed by atoms with Crippen molar-refractivity contribution in [2.24, 2.45) is 0 Å². The molecule has 2 rings (SSSR count). The Hall–Kier alpha value is -1.68. The Bertz CT molecular complexity index is 561. The minimum atomic E-state index is -3.16. The first kappa shape index (κ1) is 13.7. The van der Waals surface area contributed by atoms with Gasteiger partial charge in [-0.05, 0) is 23.2 Å². The number of rotatable bonds is 3. The average molecular weight is 289 g/mol. The highest BCUT2D eigenvalue weighted by Crippen LogP contribution is 2.14. The Morgan fingerprint density at radius 3 is 2.53 bits per heavy atom. The molecule has 1 aliphatic heterocycles. The molecular formula is C9H15N5O4S. The first-order valence-electron chi connectivity index (χ1n) is 5.72. The van der Waals surface area contributed by atoms with Crippen molar-refractivity contribution < 1.29 is 17.8 Å². The number of nitrogens with two attached hydrogens (primary N) is 1. The molecule has 1 aliphatic rings. The normalized spacial score (nSPS) is 18.4. The fraction of sp³-hybridized carbons (Fsp3) is 0.667. The minimum Gasteiger partial charge on any atom is -0.379 e. The second-order valence-corrected chi connectivity index (χ2v) is 6.39. The van der Waals surface area contributed by atoms with Crippen LogP contribution in [0.25, 0.3) is 0 Å². The van der Waals surface area contributed by atoms with Crippen LogP contribution in [0.4, 0.5) is 5.82 Å². The summed E-state index contributed by atoms with van der Waals surface area (Å²) in [4.78, 5) is 11.8. The number of hydrogen-bond acceptors (Lipinski definition) is 7. The number of anilines is 1. The number of nitrogen functional groups attached to an aromatic ring is 1. The number of amides is 1. The lowest BCUT2D eigenvalue weighted by molar-refractivity contribution is 0.0914. The van der Waals surface area contributed by atoms with Crippen LogP contribution in [-0.4, -0.2) is 54.3 Å². The molecule has 1 saturated heterocycles. The van der Waals surface area contributed by atoms with Gasteiger partial charge in [0.25, 0.3) is 5.91 Å². The zero-order chi connectivity index (χ0) is 14.0. The van der Waals surface area contributed by atoms with Crippen LogP contribution in [0.15, 0.2) is 4.63 Å². The third kappa shape index (κ3) is 3.20. The van der Waals surface area contributed by atoms with Crippen LogP contribution in [0.2, 0.25) is 0 Å². The van der Waals surface area contributed by atoms with Gasteiger partial charge in [0.1, 0.15) is 0 Å². The lowest BCUT2D eigenvalue weighted by Crippen LogP contribution is -2.46. The predicted molar refractivity (Wildman–Crippen MR) is 65.6 cm³/mol. The highest BCUT2D eigenvalue weighted by Gasteiger charge is 2.27. The maximum absolute atomic E-state index is 11.8. The highest BCUT2D eigenvalue weighted by molar-refractivity contribution is 7.88. The number of sulfonamides is 1. The van der Waals surface area contributed by atoms with Gasteiger partial charge in [0.2, 0.25) is 21.5 Å². The van der Waals surface area contributed by atoms with Gasteiger partial charge in [0, 0.05) is 19.1 Å². The largest absolute Gasteiger partial charge is 0.379 e. The van der Waals surface area contributed by atoms with Gasteiger partial charge < -0.3 is 11.1 Å². The predicted octanol–water partition coefficient (Wildman–Crippen LogP) is -1.19. The van der Waals surface area contributed by atoms with Gasteiger partial charge >= 0.3 is 0 Å². The summed E-state index contributed by atoms with van der Waals surface area (Å²) in [7, 11) is -3.16. The molecular weight excluding hydrogens is 274 g/mol. The molecule has 1 aromatic rings. The van der Waals surface area contributed by atoms with Crippen molar-refractivity contribution in [3.05, 3.63) is 5.69 Å². The fourth-order valence-electron chi connectivity index (χ4n) is 1.94. The van der Waals surface area contributed by atoms with Gasteiger partial charge in [0.15, 0.2) is 0 Å². The SMILES string of the molecule is CS(=O)(=O)N1CCC(NC(=O)c2nonc2N)CC1. The van der Waals surface area contributed by atoms with E-state index in [1.807, 2.05) is 0 Å². The monoisotopic (exact) mass is 289 g/mol. The molecule has 106 valence electrons. The summed E-state index contributed by atoms with van der Waals surface area (Å²) in [5, 5.41) is 9.46. The molecule has 0 aliphatic carbocycles. The van der Waals surface area contributed by atoms with E-state index in [0.29, 0.717) is 25.9 Å². The zero-order valence-electron chi connectivity index (χ0n) is 10.4. The number of piperidine rings is 1. The molecule has 2 heterocycles. The maximum Gasteiger partial charge on any atom is 0.277 e. The van der Waals surface area contributed by atoms with E-state index >= 15 is 0 Å². The number of nitrogens with zero attached hydrogens (tertiary/aromatic N) is 3. The van der Waals surface area contributed by atoms with Gasteiger partial charge in [-0.1, -0.05) is 0 Å². The second-order valence-electron chi connectivity index (χ2n) is 4.41. The molecule has 0 bridgehead atoms. The first-order valence-corrected chi connectivity index (χ1v) is 7.57. The van der Waals surface area contributed by atoms with E-state index in [0.717, 1.165) is 0 Å². The quantitative estimate of drug-likeness (QED) is 0.714. The zero-order valence-corrected chi connectivity index (χ0v) is 11.2. The Morgan fingerprint density at radius 2 is 2.05 bits per heavy atom. The minimum absolute atomic E-state index is 0.0504. The summed E-state index contributed by atoms with van der Waals surface area (Å²) in [6, 6.07) is -0.110. The van der Waals surface area contributed by atoms with Gasteiger partial charge in [-0.15, -0.1) is 0 Å². The van der Waals surface area contributed by atoms with Crippen molar-refractivity contribution in [3.63, 3.8) is 0 Å². The number of aromatic nitrogens is 2. The Kier molecular flexibility index (Phi) is 3.71. The van der Waals surface area contributed by atoms with E-state index in [9.17, 15) is 13.2 Å². The molecule has 3 N–H and O–H groups in total. The van der Waals surface area contributed by atoms with Gasteiger partial charge in [-0.2, -0.15) is 0 Å². The molecule has 1 amide bonds. The summed E-state index contributed by atoms with van der Waals surface area (Å²) in [5.74, 6) is -0.525. The number of carbonyl (C=O) groups is 1. The summed E-state index contributed by atoms with van der Waals surface area (Å²) in [5.41, 5.74) is 5.36. The van der Waals surface area contributed by atoms with Crippen molar-refractivity contribution in [1.29, 1.82) is 0 Å². The molecule has 1 fully saturated rings. The van der Waals surface area contributed by atoms with Crippen molar-refractivity contribution in [2.75, 3.05) is 25.1 Å². The summed E-state index contributed by atoms with van der Waals surface area (Å²) >= 11 is 0. The van der Waals surface area contributed by atoms with Crippen molar-refractivity contribution in [3.8, 4) is 0 Å². The molecule has 0 unspecified atom stereocenters. The van der Waals surface area contributed by atoms with Gasteiger partial charge in [-0.25, -0.2) is 17.4 Å². The summed E-state index contributed by atoms with van der Waals surface area (Å²) in [6.45, 7) is 0.770. The van der Waals surface area contributed by atoms with E-state index in [1.165, 1.54) is 10.6 Å². The third-order valence-corrected chi connectivity index (χ3v) is 4.29. The van der Waals surface area contributed by atoms with Crippen LogP contribution in [0.5, 0.6) is 0 Å². The molecule has 0 atom stereocenters. The summed E-state index contributed by atoms with van der Waals surface area (Å²) in [6.07, 6.45) is 2.27. The Morgan fingerprint density at radius 1 is 1.42 bits per heavy atom. The molecule has 0 spiro atoms. The van der Waals surface area contributed by atoms with Crippen molar-refractivity contribution in [2.45, 2.75) is 18.9 Å². The van der Waals surface area contributed by atoms with Crippen LogP contribution in [0.3, 0.4) is 0 Å². The van der Waals surface area contributed by atoms with Crippen LogP contribution >= 0.6 is 0 Å². The first-order chi connectivity index (χ1) is 8.88. The standard InChI is InChI=1S/C9H15N5O4S/c1-19(16,17)14-4-2-6(3-5-14)11-9(15)7-8(10)13-18-12-7/h6H,2-5H2,1H3,(H2,10,13)(H,11,15).